The average Bonchev–Trinajstić information content (AvgIpc) is 2.43. The second kappa shape index (κ2) is 2.81. The van der Waals surface area contributed by atoms with Crippen molar-refractivity contribution in [2.45, 2.75) is 0 Å². The van der Waals surface area contributed by atoms with E-state index in [1.165, 1.54) is 6.07 Å². The lowest BCUT2D eigenvalue weighted by molar-refractivity contribution is -0.383. The number of non-ortho nitro benzene ring substituents is 1. The highest BCUT2D eigenvalue weighted by Gasteiger charge is 2.16. The maximum Gasteiger partial charge on any atom is 0.313 e. The zero-order valence-corrected chi connectivity index (χ0v) is 7.82. The SMILES string of the molecule is O=[N+]([O-])c1cccc2nc(Br)oc12. The predicted octanol–water partition coefficient (Wildman–Crippen LogP) is 2.50. The molecule has 66 valence electrons. The van der Waals surface area contributed by atoms with Gasteiger partial charge in [0, 0.05) is 22.0 Å². The van der Waals surface area contributed by atoms with Crippen LogP contribution in [0.5, 0.6) is 0 Å². The number of oxazole rings is 1. The molecule has 0 aliphatic heterocycles. The fourth-order valence-corrected chi connectivity index (χ4v) is 1.40. The van der Waals surface area contributed by atoms with E-state index in [0.717, 1.165) is 0 Å². The van der Waals surface area contributed by atoms with E-state index >= 15 is 0 Å². The Morgan fingerprint density at radius 1 is 1.54 bits per heavy atom. The van der Waals surface area contributed by atoms with Gasteiger partial charge in [-0.15, -0.1) is 0 Å². The van der Waals surface area contributed by atoms with Gasteiger partial charge in [-0.05, 0) is 6.07 Å². The van der Waals surface area contributed by atoms with Gasteiger partial charge >= 0.3 is 5.69 Å². The van der Waals surface area contributed by atoms with Crippen LogP contribution < -0.4 is 0 Å². The molecule has 0 saturated heterocycles. The average molecular weight is 243 g/mol. The van der Waals surface area contributed by atoms with Gasteiger partial charge in [0.25, 0.3) is 4.80 Å². The quantitative estimate of drug-likeness (QED) is 0.569. The monoisotopic (exact) mass is 242 g/mol. The Kier molecular flexibility index (Phi) is 1.77. The van der Waals surface area contributed by atoms with Crippen molar-refractivity contribution < 1.29 is 9.34 Å². The first kappa shape index (κ1) is 8.18. The number of aromatic nitrogens is 1. The van der Waals surface area contributed by atoms with Crippen molar-refractivity contribution in [1.82, 2.24) is 4.98 Å². The first-order valence-electron chi connectivity index (χ1n) is 3.38. The van der Waals surface area contributed by atoms with Crippen molar-refractivity contribution in [3.63, 3.8) is 0 Å². The molecule has 0 atom stereocenters. The minimum Gasteiger partial charge on any atom is -0.424 e. The molecule has 0 N–H and O–H groups in total. The van der Waals surface area contributed by atoms with E-state index in [0.29, 0.717) is 5.52 Å². The largest absolute Gasteiger partial charge is 0.424 e. The lowest BCUT2D eigenvalue weighted by atomic mass is 10.3. The molecule has 0 radical (unpaired) electrons. The Balaban J connectivity index is 2.82. The number of nitrogens with zero attached hydrogens (tertiary/aromatic N) is 2. The topological polar surface area (TPSA) is 69.2 Å². The van der Waals surface area contributed by atoms with Gasteiger partial charge in [0.2, 0.25) is 5.58 Å². The van der Waals surface area contributed by atoms with Gasteiger partial charge in [-0.25, -0.2) is 4.98 Å². The van der Waals surface area contributed by atoms with E-state index in [4.69, 9.17) is 4.42 Å². The Hall–Kier alpha value is -1.43. The van der Waals surface area contributed by atoms with Crippen LogP contribution in [0.4, 0.5) is 5.69 Å². The van der Waals surface area contributed by atoms with Gasteiger partial charge < -0.3 is 4.42 Å². The van der Waals surface area contributed by atoms with E-state index in [1.54, 1.807) is 12.1 Å². The fraction of sp³-hybridized carbons (Fsp3) is 0. The molecule has 6 heteroatoms. The second-order valence-corrected chi connectivity index (χ2v) is 3.03. The first-order valence-corrected chi connectivity index (χ1v) is 4.17. The fourth-order valence-electron chi connectivity index (χ4n) is 1.05. The lowest BCUT2D eigenvalue weighted by Gasteiger charge is -1.89. The standard InChI is InChI=1S/C7H3BrN2O3/c8-7-9-4-2-1-3-5(10(11)12)6(4)13-7/h1-3H. The Morgan fingerprint density at radius 3 is 3.00 bits per heavy atom. The third kappa shape index (κ3) is 1.29. The van der Waals surface area contributed by atoms with Crippen LogP contribution in [0.3, 0.4) is 0 Å². The normalized spacial score (nSPS) is 10.5. The Labute approximate surface area is 80.6 Å². The summed E-state index contributed by atoms with van der Waals surface area (Å²) in [5.41, 5.74) is 0.594. The summed E-state index contributed by atoms with van der Waals surface area (Å²) in [6, 6.07) is 4.59. The lowest BCUT2D eigenvalue weighted by Crippen LogP contribution is -1.87. The zero-order chi connectivity index (χ0) is 9.42. The number of fused-ring (bicyclic) bond motifs is 1. The van der Waals surface area contributed by atoms with Gasteiger partial charge in [-0.2, -0.15) is 0 Å². The van der Waals surface area contributed by atoms with Crippen molar-refractivity contribution in [3.05, 3.63) is 33.1 Å². The highest BCUT2D eigenvalue weighted by molar-refractivity contribution is 9.10. The molecule has 0 amide bonds. The maximum atomic E-state index is 10.5. The van der Waals surface area contributed by atoms with Crippen molar-refractivity contribution in [1.29, 1.82) is 0 Å². The molecule has 0 saturated carbocycles. The highest BCUT2D eigenvalue weighted by Crippen LogP contribution is 2.27. The van der Waals surface area contributed by atoms with Crippen LogP contribution in [-0.4, -0.2) is 9.91 Å². The summed E-state index contributed by atoms with van der Waals surface area (Å²) in [6.45, 7) is 0. The van der Waals surface area contributed by atoms with E-state index < -0.39 is 4.92 Å². The third-order valence-corrected chi connectivity index (χ3v) is 1.90. The summed E-state index contributed by atoms with van der Waals surface area (Å²) in [5.74, 6) is 0. The van der Waals surface area contributed by atoms with Gasteiger partial charge in [0.15, 0.2) is 0 Å². The summed E-state index contributed by atoms with van der Waals surface area (Å²) in [4.78, 5) is 14.2. The van der Waals surface area contributed by atoms with E-state index in [9.17, 15) is 10.1 Å². The van der Waals surface area contributed by atoms with Gasteiger partial charge in [-0.1, -0.05) is 6.07 Å². The summed E-state index contributed by atoms with van der Waals surface area (Å²) in [7, 11) is 0. The molecule has 1 aromatic carbocycles. The predicted molar refractivity (Wildman–Crippen MR) is 48.4 cm³/mol. The Morgan fingerprint density at radius 2 is 2.31 bits per heavy atom. The number of benzene rings is 1. The van der Waals surface area contributed by atoms with Crippen LogP contribution in [0.2, 0.25) is 0 Å². The van der Waals surface area contributed by atoms with E-state index in [2.05, 4.69) is 20.9 Å². The van der Waals surface area contributed by atoms with Gasteiger partial charge in [0.1, 0.15) is 5.52 Å². The molecule has 1 aromatic heterocycles. The molecule has 13 heavy (non-hydrogen) atoms. The van der Waals surface area contributed by atoms with E-state index in [1.807, 2.05) is 0 Å². The molecule has 0 aliphatic rings. The molecule has 2 aromatic rings. The smallest absolute Gasteiger partial charge is 0.313 e. The number of para-hydroxylation sites is 1. The minimum atomic E-state index is -0.500. The van der Waals surface area contributed by atoms with Crippen molar-refractivity contribution in [2.24, 2.45) is 0 Å². The van der Waals surface area contributed by atoms with Crippen LogP contribution in [0.15, 0.2) is 27.4 Å². The highest BCUT2D eigenvalue weighted by atomic mass is 79.9. The van der Waals surface area contributed by atoms with Gasteiger partial charge in [0.05, 0.1) is 4.92 Å². The molecule has 0 spiro atoms. The first-order chi connectivity index (χ1) is 6.18. The van der Waals surface area contributed by atoms with Crippen molar-refractivity contribution in [3.8, 4) is 0 Å². The number of nitro benzene ring substituents is 1. The van der Waals surface area contributed by atoms with Crippen molar-refractivity contribution >= 4 is 32.7 Å². The maximum absolute atomic E-state index is 10.5. The van der Waals surface area contributed by atoms with Crippen LogP contribution in [-0.2, 0) is 0 Å². The number of halogens is 1. The van der Waals surface area contributed by atoms with Gasteiger partial charge in [-0.3, -0.25) is 10.1 Å². The Bertz CT molecular complexity index is 480. The summed E-state index contributed by atoms with van der Waals surface area (Å²) in [5, 5.41) is 10.5. The minimum absolute atomic E-state index is 0.0734. The number of hydrogen-bond donors (Lipinski definition) is 0. The molecule has 0 fully saturated rings. The molecule has 5 nitrogen and oxygen atoms in total. The molecule has 0 aliphatic carbocycles. The number of hydrogen-bond acceptors (Lipinski definition) is 4. The van der Waals surface area contributed by atoms with Crippen LogP contribution in [0.25, 0.3) is 11.1 Å². The van der Waals surface area contributed by atoms with Crippen LogP contribution in [0, 0.1) is 10.1 Å². The molecule has 0 bridgehead atoms. The molecular formula is C7H3BrN2O3. The number of rotatable bonds is 1. The molecular weight excluding hydrogens is 240 g/mol. The summed E-state index contributed by atoms with van der Waals surface area (Å²) < 4.78 is 5.02. The third-order valence-electron chi connectivity index (χ3n) is 1.56. The molecule has 0 unspecified atom stereocenters. The van der Waals surface area contributed by atoms with Crippen molar-refractivity contribution in [2.75, 3.05) is 0 Å². The summed E-state index contributed by atoms with van der Waals surface area (Å²) >= 11 is 3.01. The molecule has 2 rings (SSSR count). The van der Waals surface area contributed by atoms with E-state index in [-0.39, 0.29) is 16.1 Å². The van der Waals surface area contributed by atoms with Crippen LogP contribution >= 0.6 is 15.9 Å². The summed E-state index contributed by atoms with van der Waals surface area (Å²) in [6.07, 6.45) is 0. The molecule has 1 heterocycles. The second-order valence-electron chi connectivity index (χ2n) is 2.35. The zero-order valence-electron chi connectivity index (χ0n) is 6.23. The van der Waals surface area contributed by atoms with Crippen LogP contribution in [0.1, 0.15) is 0 Å². The number of nitro groups is 1.